The van der Waals surface area contributed by atoms with Crippen molar-refractivity contribution in [2.45, 2.75) is 9.36 Å². The largest absolute Gasteiger partial charge is 0.437 e. The number of halogens is 5. The van der Waals surface area contributed by atoms with Crippen molar-refractivity contribution >= 4 is 69.7 Å². The molecule has 0 saturated carbocycles. The first-order valence-electron chi connectivity index (χ1n) is 3.01. The zero-order valence-corrected chi connectivity index (χ0v) is 10.2. The first-order chi connectivity index (χ1) is 6.32. The quantitative estimate of drug-likeness (QED) is 0.286. The van der Waals surface area contributed by atoms with Crippen LogP contribution in [0.5, 0.6) is 0 Å². The Morgan fingerprint density at radius 2 is 2.00 bits per heavy atom. The summed E-state index contributed by atoms with van der Waals surface area (Å²) in [6.45, 7) is 0. The average Bonchev–Trinajstić information content (AvgIpc) is 2.04. The predicted octanol–water partition coefficient (Wildman–Crippen LogP) is 2.53. The van der Waals surface area contributed by atoms with Crippen LogP contribution in [-0.4, -0.2) is 32.1 Å². The van der Waals surface area contributed by atoms with E-state index in [4.69, 9.17) is 63.2 Å². The van der Waals surface area contributed by atoms with Gasteiger partial charge in [0.15, 0.2) is 0 Å². The lowest BCUT2D eigenvalue weighted by Crippen LogP contribution is -2.30. The van der Waals surface area contributed by atoms with Crippen LogP contribution in [0.25, 0.3) is 0 Å². The maximum atomic E-state index is 10.9. The normalized spacial score (nSPS) is 15.1. The topological polar surface area (TPSA) is 58.9 Å². The zero-order chi connectivity index (χ0) is 11.4. The molecule has 9 heteroatoms. The summed E-state index contributed by atoms with van der Waals surface area (Å²) in [6, 6.07) is 0. The molecule has 1 unspecified atom stereocenters. The molecule has 0 aromatic rings. The Hall–Kier alpha value is 0.390. The van der Waals surface area contributed by atoms with Crippen LogP contribution in [-0.2, 0) is 9.53 Å². The van der Waals surface area contributed by atoms with Crippen LogP contribution >= 0.6 is 58.0 Å². The number of rotatable bonds is 3. The van der Waals surface area contributed by atoms with Gasteiger partial charge in [-0.25, -0.2) is 4.79 Å². The average molecular weight is 303 g/mol. The van der Waals surface area contributed by atoms with Gasteiger partial charge in [0.05, 0.1) is 5.88 Å². The van der Waals surface area contributed by atoms with E-state index in [1.165, 1.54) is 0 Å². The molecule has 4 nitrogen and oxygen atoms in total. The molecule has 0 bridgehead atoms. The molecular formula is C5H4Cl5NO3. The molecule has 1 atom stereocenters. The van der Waals surface area contributed by atoms with Crippen molar-refractivity contribution in [3.63, 3.8) is 0 Å². The summed E-state index contributed by atoms with van der Waals surface area (Å²) in [7, 11) is 0. The molecule has 0 fully saturated rings. The number of hydrogen-bond donors (Lipinski definition) is 1. The van der Waals surface area contributed by atoms with Gasteiger partial charge >= 0.3 is 5.97 Å². The van der Waals surface area contributed by atoms with E-state index in [1.807, 2.05) is 0 Å². The molecule has 0 aliphatic carbocycles. The molecule has 0 saturated heterocycles. The molecule has 0 heterocycles. The van der Waals surface area contributed by atoms with E-state index in [0.29, 0.717) is 0 Å². The summed E-state index contributed by atoms with van der Waals surface area (Å²) in [5, 5.41) is 11.0. The summed E-state index contributed by atoms with van der Waals surface area (Å²) in [6.07, 6.45) is 0. The molecule has 14 heavy (non-hydrogen) atoms. The first-order valence-corrected chi connectivity index (χ1v) is 5.12. The Labute approximate surface area is 105 Å². The minimum atomic E-state index is -2.24. The lowest BCUT2D eigenvalue weighted by Gasteiger charge is -2.14. The van der Waals surface area contributed by atoms with Crippen LogP contribution in [0.15, 0.2) is 5.16 Å². The van der Waals surface area contributed by atoms with Gasteiger partial charge in [-0.3, -0.25) is 0 Å². The second kappa shape index (κ2) is 6.08. The van der Waals surface area contributed by atoms with Crippen molar-refractivity contribution < 1.29 is 14.7 Å². The fourth-order valence-corrected chi connectivity index (χ4v) is 0.970. The third-order valence-corrected chi connectivity index (χ3v) is 2.05. The molecule has 0 spiro atoms. The molecule has 0 aromatic heterocycles. The smallest absolute Gasteiger partial charge is 0.360 e. The van der Waals surface area contributed by atoms with Crippen molar-refractivity contribution in [3.8, 4) is 0 Å². The number of carbonyl (C=O) groups is 1. The van der Waals surface area contributed by atoms with E-state index in [9.17, 15) is 4.79 Å². The highest BCUT2D eigenvalue weighted by atomic mass is 35.6. The van der Waals surface area contributed by atoms with E-state index in [0.717, 1.165) is 0 Å². The van der Waals surface area contributed by atoms with E-state index in [-0.39, 0.29) is 11.6 Å². The van der Waals surface area contributed by atoms with Gasteiger partial charge in [0.2, 0.25) is 5.56 Å². The Morgan fingerprint density at radius 1 is 1.50 bits per heavy atom. The lowest BCUT2D eigenvalue weighted by atomic mass is 10.4. The van der Waals surface area contributed by atoms with Crippen LogP contribution in [0.1, 0.15) is 0 Å². The van der Waals surface area contributed by atoms with Gasteiger partial charge in [-0.2, -0.15) is 0 Å². The maximum absolute atomic E-state index is 10.9. The number of nitrogens with zero attached hydrogens (tertiary/aromatic N) is 1. The Kier molecular flexibility index (Phi) is 6.25. The molecule has 82 valence electrons. The number of carbonyl (C=O) groups excluding carboxylic acids is 1. The summed E-state index contributed by atoms with van der Waals surface area (Å²) >= 11 is 26.3. The zero-order valence-electron chi connectivity index (χ0n) is 6.39. The summed E-state index contributed by atoms with van der Waals surface area (Å²) in [4.78, 5) is 10.9. The highest BCUT2D eigenvalue weighted by molar-refractivity contribution is 6.75. The number of esters is 1. The lowest BCUT2D eigenvalue weighted by molar-refractivity contribution is -0.142. The highest BCUT2D eigenvalue weighted by Crippen LogP contribution is 2.28. The van der Waals surface area contributed by atoms with Crippen LogP contribution in [0.2, 0.25) is 0 Å². The number of ether oxygens (including phenoxy) is 1. The molecular weight excluding hydrogens is 299 g/mol. The third-order valence-electron chi connectivity index (χ3n) is 0.969. The van der Waals surface area contributed by atoms with Crippen molar-refractivity contribution in [1.82, 2.24) is 0 Å². The fraction of sp³-hybridized carbons (Fsp3) is 0.600. The third kappa shape index (κ3) is 4.75. The molecule has 0 rings (SSSR count). The molecule has 0 aromatic carbocycles. The van der Waals surface area contributed by atoms with Crippen molar-refractivity contribution in [3.05, 3.63) is 0 Å². The van der Waals surface area contributed by atoms with Gasteiger partial charge in [0.1, 0.15) is 5.71 Å². The van der Waals surface area contributed by atoms with Gasteiger partial charge < -0.3 is 9.94 Å². The maximum Gasteiger partial charge on any atom is 0.360 e. The van der Waals surface area contributed by atoms with E-state index in [1.54, 1.807) is 0 Å². The van der Waals surface area contributed by atoms with Gasteiger partial charge in [0, 0.05) is 0 Å². The number of hydrogen-bond acceptors (Lipinski definition) is 4. The van der Waals surface area contributed by atoms with E-state index >= 15 is 0 Å². The van der Waals surface area contributed by atoms with Gasteiger partial charge in [0.25, 0.3) is 3.79 Å². The van der Waals surface area contributed by atoms with E-state index in [2.05, 4.69) is 9.89 Å². The highest BCUT2D eigenvalue weighted by Gasteiger charge is 2.35. The Morgan fingerprint density at radius 3 is 2.29 bits per heavy atom. The molecule has 0 amide bonds. The Balaban J connectivity index is 4.33. The van der Waals surface area contributed by atoms with Crippen molar-refractivity contribution in [1.29, 1.82) is 0 Å². The Bertz CT molecular complexity index is 238. The van der Waals surface area contributed by atoms with Gasteiger partial charge in [-0.05, 0) is 0 Å². The number of oxime groups is 1. The first kappa shape index (κ1) is 14.4. The molecule has 0 aliphatic heterocycles. The SMILES string of the molecule is O=C(OC(Cl)C(CCl)=NO)C(Cl)(Cl)Cl. The molecule has 0 aliphatic rings. The van der Waals surface area contributed by atoms with Gasteiger partial charge in [-0.1, -0.05) is 51.6 Å². The van der Waals surface area contributed by atoms with Crippen molar-refractivity contribution in [2.75, 3.05) is 5.88 Å². The van der Waals surface area contributed by atoms with Crippen LogP contribution in [0.3, 0.4) is 0 Å². The van der Waals surface area contributed by atoms with E-state index < -0.39 is 15.3 Å². The van der Waals surface area contributed by atoms with Crippen LogP contribution in [0, 0.1) is 0 Å². The molecule has 1 N–H and O–H groups in total. The summed E-state index contributed by atoms with van der Waals surface area (Å²) in [5.41, 5.74) is -1.54. The minimum Gasteiger partial charge on any atom is -0.437 e. The van der Waals surface area contributed by atoms with Gasteiger partial charge in [-0.15, -0.1) is 11.6 Å². The second-order valence-electron chi connectivity index (χ2n) is 1.94. The second-order valence-corrected chi connectivity index (χ2v) is 4.89. The van der Waals surface area contributed by atoms with Crippen LogP contribution in [0.4, 0.5) is 0 Å². The monoisotopic (exact) mass is 301 g/mol. The number of alkyl halides is 5. The van der Waals surface area contributed by atoms with Crippen LogP contribution < -0.4 is 0 Å². The summed E-state index contributed by atoms with van der Waals surface area (Å²) in [5.74, 6) is -1.41. The standard InChI is InChI=1S/C5H4Cl5NO3/c6-1-2(11-13)3(7)14-4(12)5(8,9)10/h3,13H,1H2. The fourth-order valence-electron chi connectivity index (χ4n) is 0.362. The minimum absolute atomic E-state index is 0.170. The summed E-state index contributed by atoms with van der Waals surface area (Å²) < 4.78 is 2.18. The van der Waals surface area contributed by atoms with Crippen molar-refractivity contribution in [2.24, 2.45) is 5.16 Å². The predicted molar refractivity (Wildman–Crippen MR) is 56.0 cm³/mol. The molecule has 0 radical (unpaired) electrons.